The standard InChI is InChI=1S/C15H17ClN4O2S/c1-9-7-22-5-4-20(9)15(21)19-3-2-10-11(6-19)23-14-12(10)13(16)17-8-18-14/h8-9H,2-7H2,1H3. The molecule has 4 rings (SSSR count). The zero-order valence-corrected chi connectivity index (χ0v) is 14.4. The Bertz CT molecular complexity index is 765. The van der Waals surface area contributed by atoms with Crippen molar-refractivity contribution in [3.05, 3.63) is 21.9 Å². The number of hydrogen-bond acceptors (Lipinski definition) is 5. The van der Waals surface area contributed by atoms with Crippen LogP contribution in [0.5, 0.6) is 0 Å². The number of fused-ring (bicyclic) bond motifs is 3. The van der Waals surface area contributed by atoms with Crippen LogP contribution in [0.15, 0.2) is 6.33 Å². The largest absolute Gasteiger partial charge is 0.377 e. The van der Waals surface area contributed by atoms with E-state index in [-0.39, 0.29) is 12.1 Å². The minimum Gasteiger partial charge on any atom is -0.377 e. The Balaban J connectivity index is 1.60. The number of thiophene rings is 1. The third-order valence-corrected chi connectivity index (χ3v) is 5.89. The summed E-state index contributed by atoms with van der Waals surface area (Å²) in [4.78, 5) is 27.1. The molecular weight excluding hydrogens is 336 g/mol. The van der Waals surface area contributed by atoms with Gasteiger partial charge in [-0.05, 0) is 18.9 Å². The number of ether oxygens (including phenoxy) is 1. The lowest BCUT2D eigenvalue weighted by molar-refractivity contribution is 0.00947. The third kappa shape index (κ3) is 2.56. The highest BCUT2D eigenvalue weighted by molar-refractivity contribution is 7.19. The first kappa shape index (κ1) is 15.1. The summed E-state index contributed by atoms with van der Waals surface area (Å²) < 4.78 is 5.42. The number of nitrogens with zero attached hydrogens (tertiary/aromatic N) is 4. The normalized spacial score (nSPS) is 21.6. The molecule has 2 aromatic rings. The molecule has 2 aromatic heterocycles. The number of carbonyl (C=O) groups is 1. The van der Waals surface area contributed by atoms with Gasteiger partial charge in [-0.3, -0.25) is 0 Å². The summed E-state index contributed by atoms with van der Waals surface area (Å²) in [6, 6.07) is 0.224. The molecule has 1 fully saturated rings. The van der Waals surface area contributed by atoms with Gasteiger partial charge in [0, 0.05) is 18.0 Å². The second-order valence-electron chi connectivity index (χ2n) is 5.92. The molecule has 0 spiro atoms. The van der Waals surface area contributed by atoms with E-state index in [0.717, 1.165) is 16.6 Å². The minimum absolute atomic E-state index is 0.0982. The summed E-state index contributed by atoms with van der Waals surface area (Å²) in [6.45, 7) is 5.24. The molecule has 23 heavy (non-hydrogen) atoms. The highest BCUT2D eigenvalue weighted by Gasteiger charge is 2.31. The van der Waals surface area contributed by atoms with Gasteiger partial charge in [0.25, 0.3) is 0 Å². The fourth-order valence-corrected chi connectivity index (χ4v) is 4.75. The summed E-state index contributed by atoms with van der Waals surface area (Å²) in [5, 5.41) is 1.47. The number of amides is 2. The topological polar surface area (TPSA) is 58.6 Å². The zero-order chi connectivity index (χ0) is 16.0. The summed E-state index contributed by atoms with van der Waals surface area (Å²) >= 11 is 7.84. The van der Waals surface area contributed by atoms with Crippen LogP contribution in [-0.2, 0) is 17.7 Å². The van der Waals surface area contributed by atoms with Crippen molar-refractivity contribution in [2.24, 2.45) is 0 Å². The number of aromatic nitrogens is 2. The van der Waals surface area contributed by atoms with Crippen molar-refractivity contribution in [1.29, 1.82) is 0 Å². The molecule has 1 saturated heterocycles. The van der Waals surface area contributed by atoms with E-state index in [0.29, 0.717) is 38.0 Å². The molecular formula is C15H17ClN4O2S. The van der Waals surface area contributed by atoms with Crippen molar-refractivity contribution >= 4 is 39.2 Å². The van der Waals surface area contributed by atoms with E-state index >= 15 is 0 Å². The second kappa shape index (κ2) is 5.89. The zero-order valence-electron chi connectivity index (χ0n) is 12.8. The van der Waals surface area contributed by atoms with Crippen LogP contribution in [0.2, 0.25) is 5.15 Å². The highest BCUT2D eigenvalue weighted by Crippen LogP contribution is 2.37. The summed E-state index contributed by atoms with van der Waals surface area (Å²) in [7, 11) is 0. The first-order valence-corrected chi connectivity index (χ1v) is 8.88. The quantitative estimate of drug-likeness (QED) is 0.684. The van der Waals surface area contributed by atoms with Gasteiger partial charge in [0.05, 0.1) is 31.2 Å². The summed E-state index contributed by atoms with van der Waals surface area (Å²) in [5.41, 5.74) is 1.20. The van der Waals surface area contributed by atoms with Crippen molar-refractivity contribution in [3.63, 3.8) is 0 Å². The van der Waals surface area contributed by atoms with E-state index in [1.165, 1.54) is 16.8 Å². The van der Waals surface area contributed by atoms with Gasteiger partial charge in [-0.2, -0.15) is 0 Å². The molecule has 4 heterocycles. The predicted molar refractivity (Wildman–Crippen MR) is 88.9 cm³/mol. The maximum Gasteiger partial charge on any atom is 0.320 e. The number of hydrogen-bond donors (Lipinski definition) is 0. The Labute approximate surface area is 143 Å². The number of halogens is 1. The molecule has 0 bridgehead atoms. The number of carbonyl (C=O) groups excluding carboxylic acids is 1. The Morgan fingerprint density at radius 3 is 3.13 bits per heavy atom. The molecule has 6 nitrogen and oxygen atoms in total. The Hall–Kier alpha value is -1.44. The first-order valence-electron chi connectivity index (χ1n) is 7.69. The number of morpholine rings is 1. The van der Waals surface area contributed by atoms with Crippen LogP contribution in [0.1, 0.15) is 17.4 Å². The molecule has 122 valence electrons. The van der Waals surface area contributed by atoms with Gasteiger partial charge >= 0.3 is 6.03 Å². The lowest BCUT2D eigenvalue weighted by Crippen LogP contribution is -2.53. The Morgan fingerprint density at radius 2 is 2.30 bits per heavy atom. The van der Waals surface area contributed by atoms with Gasteiger partial charge in [0.1, 0.15) is 16.3 Å². The molecule has 2 amide bonds. The summed E-state index contributed by atoms with van der Waals surface area (Å²) in [5.74, 6) is 0. The number of urea groups is 1. The molecule has 2 aliphatic rings. The fourth-order valence-electron chi connectivity index (χ4n) is 3.25. The van der Waals surface area contributed by atoms with Crippen LogP contribution in [0.4, 0.5) is 4.79 Å². The van der Waals surface area contributed by atoms with Crippen molar-refractivity contribution in [3.8, 4) is 0 Å². The third-order valence-electron chi connectivity index (χ3n) is 4.47. The van der Waals surface area contributed by atoms with Crippen LogP contribution in [0.3, 0.4) is 0 Å². The van der Waals surface area contributed by atoms with Crippen LogP contribution in [0.25, 0.3) is 10.2 Å². The van der Waals surface area contributed by atoms with Gasteiger partial charge in [-0.1, -0.05) is 11.6 Å². The van der Waals surface area contributed by atoms with E-state index in [1.54, 1.807) is 11.3 Å². The Kier molecular flexibility index (Phi) is 3.87. The number of rotatable bonds is 0. The van der Waals surface area contributed by atoms with E-state index < -0.39 is 0 Å². The van der Waals surface area contributed by atoms with Gasteiger partial charge in [-0.15, -0.1) is 11.3 Å². The molecule has 1 unspecified atom stereocenters. The first-order chi connectivity index (χ1) is 11.1. The van der Waals surface area contributed by atoms with Crippen molar-refractivity contribution < 1.29 is 9.53 Å². The summed E-state index contributed by atoms with van der Waals surface area (Å²) in [6.07, 6.45) is 2.29. The van der Waals surface area contributed by atoms with Gasteiger partial charge in [0.2, 0.25) is 0 Å². The molecule has 0 N–H and O–H groups in total. The van der Waals surface area contributed by atoms with Crippen molar-refractivity contribution in [2.75, 3.05) is 26.3 Å². The molecule has 0 saturated carbocycles. The maximum atomic E-state index is 12.8. The van der Waals surface area contributed by atoms with E-state index in [2.05, 4.69) is 9.97 Å². The lowest BCUT2D eigenvalue weighted by atomic mass is 10.1. The van der Waals surface area contributed by atoms with Crippen LogP contribution in [0, 0.1) is 0 Å². The SMILES string of the molecule is CC1COCCN1C(=O)N1CCc2c(sc3ncnc(Cl)c23)C1. The van der Waals surface area contributed by atoms with Crippen LogP contribution in [-0.4, -0.2) is 58.1 Å². The Morgan fingerprint density at radius 1 is 1.43 bits per heavy atom. The minimum atomic E-state index is 0.0982. The second-order valence-corrected chi connectivity index (χ2v) is 7.36. The van der Waals surface area contributed by atoms with Crippen LogP contribution >= 0.6 is 22.9 Å². The lowest BCUT2D eigenvalue weighted by Gasteiger charge is -2.38. The van der Waals surface area contributed by atoms with Crippen LogP contribution < -0.4 is 0 Å². The van der Waals surface area contributed by atoms with Gasteiger partial charge in [0.15, 0.2) is 0 Å². The van der Waals surface area contributed by atoms with E-state index in [1.807, 2.05) is 16.7 Å². The molecule has 0 aromatic carbocycles. The maximum absolute atomic E-state index is 12.8. The molecule has 1 atom stereocenters. The van der Waals surface area contributed by atoms with Gasteiger partial charge in [-0.25, -0.2) is 14.8 Å². The van der Waals surface area contributed by atoms with E-state index in [9.17, 15) is 4.79 Å². The average Bonchev–Trinajstić information content (AvgIpc) is 2.93. The molecule has 2 aliphatic heterocycles. The van der Waals surface area contributed by atoms with Gasteiger partial charge < -0.3 is 14.5 Å². The predicted octanol–water partition coefficient (Wildman–Crippen LogP) is 2.54. The molecule has 0 radical (unpaired) electrons. The molecule has 8 heteroatoms. The highest BCUT2D eigenvalue weighted by atomic mass is 35.5. The van der Waals surface area contributed by atoms with E-state index in [4.69, 9.17) is 16.3 Å². The molecule has 0 aliphatic carbocycles. The smallest absolute Gasteiger partial charge is 0.320 e. The fraction of sp³-hybridized carbons (Fsp3) is 0.533. The monoisotopic (exact) mass is 352 g/mol. The average molecular weight is 353 g/mol. The van der Waals surface area contributed by atoms with Crippen molar-refractivity contribution in [2.45, 2.75) is 25.9 Å². The van der Waals surface area contributed by atoms with Crippen molar-refractivity contribution in [1.82, 2.24) is 19.8 Å².